The van der Waals surface area contributed by atoms with Crippen LogP contribution in [0.25, 0.3) is 0 Å². The molecule has 1 aliphatic rings. The predicted molar refractivity (Wildman–Crippen MR) is 102 cm³/mol. The van der Waals surface area contributed by atoms with Gasteiger partial charge in [-0.25, -0.2) is 4.98 Å². The highest BCUT2D eigenvalue weighted by atomic mass is 19.4. The molecule has 9 heteroatoms. The molecule has 3 rings (SSSR count). The highest BCUT2D eigenvalue weighted by molar-refractivity contribution is 6.06. The van der Waals surface area contributed by atoms with E-state index in [-0.39, 0.29) is 5.69 Å². The zero-order valence-corrected chi connectivity index (χ0v) is 15.8. The Morgan fingerprint density at radius 1 is 1.14 bits per heavy atom. The first-order chi connectivity index (χ1) is 13.3. The first-order valence-electron chi connectivity index (χ1n) is 9.04. The van der Waals surface area contributed by atoms with E-state index < -0.39 is 23.2 Å². The van der Waals surface area contributed by atoms with Crippen molar-refractivity contribution in [1.29, 1.82) is 0 Å². The predicted octanol–water partition coefficient (Wildman–Crippen LogP) is 3.80. The van der Waals surface area contributed by atoms with Crippen LogP contribution < -0.4 is 15.1 Å². The Labute approximate surface area is 161 Å². The van der Waals surface area contributed by atoms with Crippen LogP contribution in [0.4, 0.5) is 30.6 Å². The van der Waals surface area contributed by atoms with Gasteiger partial charge in [0, 0.05) is 27.2 Å². The van der Waals surface area contributed by atoms with Crippen molar-refractivity contribution in [3.63, 3.8) is 0 Å². The summed E-state index contributed by atoms with van der Waals surface area (Å²) in [6.45, 7) is 1.72. The second-order valence-electron chi connectivity index (χ2n) is 6.85. The summed E-state index contributed by atoms with van der Waals surface area (Å²) < 4.78 is 39.6. The van der Waals surface area contributed by atoms with Crippen LogP contribution in [0.1, 0.15) is 35.2 Å². The number of halogens is 3. The number of nitrogens with zero attached hydrogens (tertiary/aromatic N) is 4. The number of hydrogen-bond acceptors (Lipinski definition) is 5. The molecule has 1 N–H and O–H groups in total. The van der Waals surface area contributed by atoms with Crippen molar-refractivity contribution < 1.29 is 18.0 Å². The third-order valence-electron chi connectivity index (χ3n) is 4.54. The van der Waals surface area contributed by atoms with Crippen LogP contribution in [0, 0.1) is 0 Å². The minimum Gasteiger partial charge on any atom is -0.361 e. The quantitative estimate of drug-likeness (QED) is 0.856. The number of carbonyl (C=O) groups is 1. The van der Waals surface area contributed by atoms with E-state index in [9.17, 15) is 18.0 Å². The van der Waals surface area contributed by atoms with Crippen molar-refractivity contribution in [2.45, 2.75) is 25.4 Å². The Morgan fingerprint density at radius 3 is 2.46 bits per heavy atom. The lowest BCUT2D eigenvalue weighted by Crippen LogP contribution is -2.31. The maximum Gasteiger partial charge on any atom is 0.417 e. The first-order valence-corrected chi connectivity index (χ1v) is 9.04. The Kier molecular flexibility index (Phi) is 5.71. The third kappa shape index (κ3) is 4.35. The number of alkyl halides is 3. The summed E-state index contributed by atoms with van der Waals surface area (Å²) in [6, 6.07) is 4.68. The molecule has 28 heavy (non-hydrogen) atoms. The van der Waals surface area contributed by atoms with Crippen LogP contribution in [-0.2, 0) is 6.18 Å². The minimum absolute atomic E-state index is 0.257. The monoisotopic (exact) mass is 393 g/mol. The van der Waals surface area contributed by atoms with Crippen LogP contribution >= 0.6 is 0 Å². The fraction of sp³-hybridized carbons (Fsp3) is 0.421. The molecule has 1 saturated heterocycles. The molecule has 1 aliphatic heterocycles. The Hall–Kier alpha value is -2.84. The third-order valence-corrected chi connectivity index (χ3v) is 4.54. The number of piperidine rings is 1. The zero-order valence-electron chi connectivity index (χ0n) is 15.8. The van der Waals surface area contributed by atoms with Gasteiger partial charge in [-0.3, -0.25) is 4.79 Å². The first kappa shape index (κ1) is 19.9. The zero-order chi connectivity index (χ0) is 20.3. The lowest BCUT2D eigenvalue weighted by Gasteiger charge is -2.28. The van der Waals surface area contributed by atoms with Crippen LogP contribution in [0.2, 0.25) is 0 Å². The highest BCUT2D eigenvalue weighted by Crippen LogP contribution is 2.33. The van der Waals surface area contributed by atoms with Gasteiger partial charge in [0.25, 0.3) is 5.91 Å². The number of carbonyl (C=O) groups excluding carboxylic acids is 1. The van der Waals surface area contributed by atoms with Gasteiger partial charge >= 0.3 is 6.18 Å². The van der Waals surface area contributed by atoms with Gasteiger partial charge in [-0.05, 0) is 31.4 Å². The van der Waals surface area contributed by atoms with Crippen LogP contribution in [0.3, 0.4) is 0 Å². The largest absolute Gasteiger partial charge is 0.417 e. The van der Waals surface area contributed by atoms with Gasteiger partial charge in [0.05, 0.1) is 17.3 Å². The van der Waals surface area contributed by atoms with Gasteiger partial charge in [-0.2, -0.15) is 18.2 Å². The van der Waals surface area contributed by atoms with E-state index in [0.717, 1.165) is 38.1 Å². The molecule has 0 radical (unpaired) electrons. The van der Waals surface area contributed by atoms with E-state index in [4.69, 9.17) is 0 Å². The normalized spacial score (nSPS) is 14.7. The van der Waals surface area contributed by atoms with Crippen molar-refractivity contribution in [3.8, 4) is 0 Å². The van der Waals surface area contributed by atoms with Gasteiger partial charge in [-0.1, -0.05) is 12.1 Å². The molecule has 0 atom stereocenters. The molecule has 1 amide bonds. The van der Waals surface area contributed by atoms with Gasteiger partial charge < -0.3 is 15.1 Å². The minimum atomic E-state index is -4.62. The van der Waals surface area contributed by atoms with E-state index >= 15 is 0 Å². The summed E-state index contributed by atoms with van der Waals surface area (Å²) in [7, 11) is 3.50. The second-order valence-corrected chi connectivity index (χ2v) is 6.85. The lowest BCUT2D eigenvalue weighted by atomic mass is 10.1. The second kappa shape index (κ2) is 8.04. The van der Waals surface area contributed by atoms with E-state index in [1.807, 2.05) is 0 Å². The van der Waals surface area contributed by atoms with Crippen molar-refractivity contribution in [2.24, 2.45) is 0 Å². The maximum absolute atomic E-state index is 13.2. The molecule has 6 nitrogen and oxygen atoms in total. The molecule has 0 bridgehead atoms. The van der Waals surface area contributed by atoms with Gasteiger partial charge in [0.2, 0.25) is 5.95 Å². The van der Waals surface area contributed by atoms with E-state index in [1.54, 1.807) is 19.0 Å². The van der Waals surface area contributed by atoms with Crippen molar-refractivity contribution >= 4 is 23.4 Å². The number of nitrogens with one attached hydrogen (secondary N) is 1. The van der Waals surface area contributed by atoms with Crippen LogP contribution in [-0.4, -0.2) is 43.1 Å². The van der Waals surface area contributed by atoms with Crippen molar-refractivity contribution in [2.75, 3.05) is 42.3 Å². The van der Waals surface area contributed by atoms with E-state index in [1.165, 1.54) is 24.8 Å². The molecule has 1 fully saturated rings. The molecule has 150 valence electrons. The summed E-state index contributed by atoms with van der Waals surface area (Å²) in [5.74, 6) is 0.135. The smallest absolute Gasteiger partial charge is 0.361 e. The number of rotatable bonds is 4. The molecule has 2 aromatic rings. The summed E-state index contributed by atoms with van der Waals surface area (Å²) in [6.07, 6.45) is 0.123. The SMILES string of the molecule is CN(C)c1nc(N2CCCCC2)ncc1NC(=O)c1ccccc1C(F)(F)F. The van der Waals surface area contributed by atoms with E-state index in [0.29, 0.717) is 11.8 Å². The van der Waals surface area contributed by atoms with Crippen LogP contribution in [0.15, 0.2) is 30.5 Å². The Bertz CT molecular complexity index is 848. The molecule has 2 heterocycles. The number of anilines is 3. The van der Waals surface area contributed by atoms with Gasteiger partial charge in [-0.15, -0.1) is 0 Å². The molecule has 0 aliphatic carbocycles. The molecule has 0 unspecified atom stereocenters. The average Bonchev–Trinajstić information content (AvgIpc) is 2.68. The van der Waals surface area contributed by atoms with Crippen molar-refractivity contribution in [3.05, 3.63) is 41.6 Å². The van der Waals surface area contributed by atoms with E-state index in [2.05, 4.69) is 20.2 Å². The maximum atomic E-state index is 13.2. The van der Waals surface area contributed by atoms with Gasteiger partial charge in [0.1, 0.15) is 5.69 Å². The molecular weight excluding hydrogens is 371 g/mol. The fourth-order valence-electron chi connectivity index (χ4n) is 3.16. The highest BCUT2D eigenvalue weighted by Gasteiger charge is 2.35. The lowest BCUT2D eigenvalue weighted by molar-refractivity contribution is -0.137. The number of amides is 1. The summed E-state index contributed by atoms with van der Waals surface area (Å²) in [5, 5.41) is 2.53. The molecule has 1 aromatic heterocycles. The molecule has 0 saturated carbocycles. The Balaban J connectivity index is 1.89. The number of hydrogen-bond donors (Lipinski definition) is 1. The average molecular weight is 393 g/mol. The Morgan fingerprint density at radius 2 is 1.82 bits per heavy atom. The summed E-state index contributed by atoms with van der Waals surface area (Å²) in [5.41, 5.74) is -1.17. The van der Waals surface area contributed by atoms with Gasteiger partial charge in [0.15, 0.2) is 5.82 Å². The topological polar surface area (TPSA) is 61.4 Å². The fourth-order valence-corrected chi connectivity index (χ4v) is 3.16. The molecule has 0 spiro atoms. The number of benzene rings is 1. The molecule has 1 aromatic carbocycles. The van der Waals surface area contributed by atoms with Crippen molar-refractivity contribution in [1.82, 2.24) is 9.97 Å². The summed E-state index contributed by atoms with van der Waals surface area (Å²) >= 11 is 0. The van der Waals surface area contributed by atoms with Crippen LogP contribution in [0.5, 0.6) is 0 Å². The molecular formula is C19H22F3N5O. The standard InChI is InChI=1S/C19H22F3N5O/c1-26(2)16-15(12-23-18(25-16)27-10-6-3-7-11-27)24-17(28)13-8-4-5-9-14(13)19(20,21)22/h4-5,8-9,12H,3,6-7,10-11H2,1-2H3,(H,24,28). The number of aromatic nitrogens is 2. The summed E-state index contributed by atoms with van der Waals surface area (Å²) in [4.78, 5) is 25.1.